The Morgan fingerprint density at radius 1 is 1.23 bits per heavy atom. The standard InChI is InChI=1S/C18H21N7O/c1-19-17-8-9-20-18(22-17)21-13-6-7-16(26-2)15(10-13)25-11-14(23-24-25)12-4-3-5-12/h6-12H,3-5H2,1-2H3,(H2,19,20,21,22). The van der Waals surface area contributed by atoms with E-state index in [4.69, 9.17) is 4.74 Å². The molecule has 26 heavy (non-hydrogen) atoms. The van der Waals surface area contributed by atoms with E-state index >= 15 is 0 Å². The summed E-state index contributed by atoms with van der Waals surface area (Å²) in [6, 6.07) is 7.57. The third-order valence-electron chi connectivity index (χ3n) is 4.63. The highest BCUT2D eigenvalue weighted by atomic mass is 16.5. The van der Waals surface area contributed by atoms with Gasteiger partial charge in [-0.2, -0.15) is 4.98 Å². The molecule has 0 amide bonds. The normalized spacial score (nSPS) is 13.9. The number of aromatic nitrogens is 5. The van der Waals surface area contributed by atoms with Crippen molar-refractivity contribution in [3.63, 3.8) is 0 Å². The highest BCUT2D eigenvalue weighted by molar-refractivity contribution is 5.62. The van der Waals surface area contributed by atoms with Gasteiger partial charge in [0.1, 0.15) is 17.3 Å². The van der Waals surface area contributed by atoms with E-state index in [1.807, 2.05) is 37.5 Å². The smallest absolute Gasteiger partial charge is 0.229 e. The Balaban J connectivity index is 1.63. The molecule has 0 radical (unpaired) electrons. The number of nitrogens with zero attached hydrogens (tertiary/aromatic N) is 5. The molecule has 0 saturated heterocycles. The fourth-order valence-electron chi connectivity index (χ4n) is 2.92. The molecule has 0 unspecified atom stereocenters. The van der Waals surface area contributed by atoms with Gasteiger partial charge < -0.3 is 15.4 Å². The molecule has 8 heteroatoms. The van der Waals surface area contributed by atoms with Crippen LogP contribution < -0.4 is 15.4 Å². The Morgan fingerprint density at radius 3 is 2.85 bits per heavy atom. The number of benzene rings is 1. The van der Waals surface area contributed by atoms with Gasteiger partial charge in [0, 0.05) is 24.8 Å². The van der Waals surface area contributed by atoms with E-state index in [0.29, 0.717) is 11.9 Å². The third kappa shape index (κ3) is 3.17. The first-order chi connectivity index (χ1) is 12.8. The Kier molecular flexibility index (Phi) is 4.39. The summed E-state index contributed by atoms with van der Waals surface area (Å²) in [4.78, 5) is 8.62. The topological polar surface area (TPSA) is 89.8 Å². The largest absolute Gasteiger partial charge is 0.494 e. The van der Waals surface area contributed by atoms with Crippen LogP contribution in [0.2, 0.25) is 0 Å². The second kappa shape index (κ2) is 6.99. The van der Waals surface area contributed by atoms with Crippen molar-refractivity contribution in [3.8, 4) is 11.4 Å². The van der Waals surface area contributed by atoms with Crippen molar-refractivity contribution in [3.05, 3.63) is 42.4 Å². The first kappa shape index (κ1) is 16.3. The molecule has 1 saturated carbocycles. The van der Waals surface area contributed by atoms with Gasteiger partial charge in [0.05, 0.1) is 19.0 Å². The quantitative estimate of drug-likeness (QED) is 0.705. The van der Waals surface area contributed by atoms with Crippen LogP contribution in [0.5, 0.6) is 5.75 Å². The Bertz CT molecular complexity index is 904. The van der Waals surface area contributed by atoms with Crippen LogP contribution in [0.15, 0.2) is 36.7 Å². The van der Waals surface area contributed by atoms with Crippen LogP contribution in [0.1, 0.15) is 30.9 Å². The molecule has 4 rings (SSSR count). The van der Waals surface area contributed by atoms with E-state index in [2.05, 4.69) is 30.9 Å². The molecule has 0 spiro atoms. The summed E-state index contributed by atoms with van der Waals surface area (Å²) >= 11 is 0. The average molecular weight is 351 g/mol. The molecule has 3 aromatic rings. The minimum Gasteiger partial charge on any atom is -0.494 e. The predicted molar refractivity (Wildman–Crippen MR) is 99.4 cm³/mol. The number of ether oxygens (including phenoxy) is 1. The van der Waals surface area contributed by atoms with E-state index in [-0.39, 0.29) is 0 Å². The second-order valence-corrected chi connectivity index (χ2v) is 6.24. The summed E-state index contributed by atoms with van der Waals surface area (Å²) in [6.07, 6.45) is 7.34. The van der Waals surface area contributed by atoms with E-state index in [0.717, 1.165) is 28.6 Å². The highest BCUT2D eigenvalue weighted by Crippen LogP contribution is 2.35. The predicted octanol–water partition coefficient (Wildman–Crippen LogP) is 3.12. The van der Waals surface area contributed by atoms with E-state index in [1.54, 1.807) is 18.0 Å². The molecule has 1 fully saturated rings. The van der Waals surface area contributed by atoms with Gasteiger partial charge in [0.15, 0.2) is 0 Å². The van der Waals surface area contributed by atoms with E-state index < -0.39 is 0 Å². The zero-order chi connectivity index (χ0) is 17.9. The third-order valence-corrected chi connectivity index (χ3v) is 4.63. The maximum absolute atomic E-state index is 5.49. The Labute approximate surface area is 151 Å². The van der Waals surface area contributed by atoms with Crippen LogP contribution in [-0.4, -0.2) is 39.1 Å². The van der Waals surface area contributed by atoms with Gasteiger partial charge in [0.2, 0.25) is 5.95 Å². The molecule has 134 valence electrons. The summed E-state index contributed by atoms with van der Waals surface area (Å²) in [5.74, 6) is 2.53. The lowest BCUT2D eigenvalue weighted by Gasteiger charge is -2.22. The van der Waals surface area contributed by atoms with Crippen LogP contribution in [0.25, 0.3) is 5.69 Å². The Morgan fingerprint density at radius 2 is 2.12 bits per heavy atom. The molecule has 0 aliphatic heterocycles. The summed E-state index contributed by atoms with van der Waals surface area (Å²) in [7, 11) is 3.47. The molecule has 8 nitrogen and oxygen atoms in total. The maximum atomic E-state index is 5.49. The van der Waals surface area contributed by atoms with Gasteiger partial charge in [-0.3, -0.25) is 0 Å². The van der Waals surface area contributed by atoms with Crippen LogP contribution >= 0.6 is 0 Å². The molecule has 1 aliphatic rings. The zero-order valence-electron chi connectivity index (χ0n) is 14.8. The molecular formula is C18H21N7O. The van der Waals surface area contributed by atoms with Crippen molar-refractivity contribution in [2.45, 2.75) is 25.2 Å². The van der Waals surface area contributed by atoms with Gasteiger partial charge in [-0.05, 0) is 37.1 Å². The van der Waals surface area contributed by atoms with Gasteiger partial charge in [-0.1, -0.05) is 11.6 Å². The Hall–Kier alpha value is -3.16. The summed E-state index contributed by atoms with van der Waals surface area (Å²) in [5, 5.41) is 14.8. The van der Waals surface area contributed by atoms with Crippen molar-refractivity contribution in [2.24, 2.45) is 0 Å². The van der Waals surface area contributed by atoms with Gasteiger partial charge >= 0.3 is 0 Å². The monoisotopic (exact) mass is 351 g/mol. The number of hydrogen-bond acceptors (Lipinski definition) is 7. The van der Waals surface area contributed by atoms with Gasteiger partial charge in [-0.15, -0.1) is 5.10 Å². The highest BCUT2D eigenvalue weighted by Gasteiger charge is 2.23. The lowest BCUT2D eigenvalue weighted by molar-refractivity contribution is 0.410. The van der Waals surface area contributed by atoms with Crippen LogP contribution in [0, 0.1) is 0 Å². The fourth-order valence-corrected chi connectivity index (χ4v) is 2.92. The van der Waals surface area contributed by atoms with Crippen LogP contribution in [0.3, 0.4) is 0 Å². The van der Waals surface area contributed by atoms with Crippen molar-refractivity contribution in [1.82, 2.24) is 25.0 Å². The lowest BCUT2D eigenvalue weighted by Crippen LogP contribution is -2.08. The first-order valence-electron chi connectivity index (χ1n) is 8.65. The minimum atomic E-state index is 0.515. The maximum Gasteiger partial charge on any atom is 0.229 e. The molecular weight excluding hydrogens is 330 g/mol. The molecule has 1 aromatic carbocycles. The lowest BCUT2D eigenvalue weighted by atomic mass is 9.83. The van der Waals surface area contributed by atoms with Crippen LogP contribution in [0.4, 0.5) is 17.5 Å². The van der Waals surface area contributed by atoms with Crippen LogP contribution in [-0.2, 0) is 0 Å². The summed E-state index contributed by atoms with van der Waals surface area (Å²) in [6.45, 7) is 0. The van der Waals surface area contributed by atoms with E-state index in [1.165, 1.54) is 19.3 Å². The minimum absolute atomic E-state index is 0.515. The zero-order valence-corrected chi connectivity index (χ0v) is 14.8. The van der Waals surface area contributed by atoms with Crippen molar-refractivity contribution in [1.29, 1.82) is 0 Å². The molecule has 0 atom stereocenters. The van der Waals surface area contributed by atoms with Crippen molar-refractivity contribution in [2.75, 3.05) is 24.8 Å². The first-order valence-corrected chi connectivity index (χ1v) is 8.65. The second-order valence-electron chi connectivity index (χ2n) is 6.24. The SMILES string of the molecule is CNc1ccnc(Nc2ccc(OC)c(-n3cc(C4CCC4)nn3)c2)n1. The number of methoxy groups -OCH3 is 1. The molecule has 2 heterocycles. The van der Waals surface area contributed by atoms with Crippen molar-refractivity contribution >= 4 is 17.5 Å². The molecule has 2 aromatic heterocycles. The number of hydrogen-bond donors (Lipinski definition) is 2. The van der Waals surface area contributed by atoms with Crippen molar-refractivity contribution < 1.29 is 4.74 Å². The molecule has 0 bridgehead atoms. The molecule has 2 N–H and O–H groups in total. The number of anilines is 3. The number of nitrogens with one attached hydrogen (secondary N) is 2. The summed E-state index contributed by atoms with van der Waals surface area (Å²) in [5.41, 5.74) is 2.71. The number of rotatable bonds is 6. The fraction of sp³-hybridized carbons (Fsp3) is 0.333. The van der Waals surface area contributed by atoms with Gasteiger partial charge in [-0.25, -0.2) is 9.67 Å². The molecule has 1 aliphatic carbocycles. The average Bonchev–Trinajstić information content (AvgIpc) is 3.09. The summed E-state index contributed by atoms with van der Waals surface area (Å²) < 4.78 is 7.26. The van der Waals surface area contributed by atoms with E-state index in [9.17, 15) is 0 Å². The van der Waals surface area contributed by atoms with Gasteiger partial charge in [0.25, 0.3) is 0 Å².